The fourth-order valence-electron chi connectivity index (χ4n) is 4.03. The minimum absolute atomic E-state index is 0.139. The van der Waals surface area contributed by atoms with Crippen molar-refractivity contribution in [3.05, 3.63) is 60.4 Å². The monoisotopic (exact) mass is 573 g/mol. The highest BCUT2D eigenvalue weighted by Gasteiger charge is 2.20. The van der Waals surface area contributed by atoms with Crippen molar-refractivity contribution in [2.45, 2.75) is 6.61 Å². The fraction of sp³-hybridized carbons (Fsp3) is 0.179. The Morgan fingerprint density at radius 3 is 2.10 bits per heavy atom. The van der Waals surface area contributed by atoms with Gasteiger partial charge < -0.3 is 32.7 Å². The Balaban J connectivity index is 1.17. The first-order chi connectivity index (χ1) is 20.1. The van der Waals surface area contributed by atoms with E-state index in [-0.39, 0.29) is 12.5 Å². The normalized spacial score (nSPS) is 11.0. The SMILES string of the molecule is COc1ccc(-c2nc(COc3ccc4nc(-c5noc(-c6cc(OC)c(OC)c(OC)c6)n5)sc4c3)no2)cc1. The van der Waals surface area contributed by atoms with Gasteiger partial charge >= 0.3 is 0 Å². The molecule has 0 aliphatic carbocycles. The summed E-state index contributed by atoms with van der Waals surface area (Å²) in [6, 6.07) is 16.4. The van der Waals surface area contributed by atoms with E-state index in [9.17, 15) is 0 Å². The molecule has 3 aromatic heterocycles. The number of ether oxygens (including phenoxy) is 5. The van der Waals surface area contributed by atoms with Crippen molar-refractivity contribution in [3.8, 4) is 62.5 Å². The third-order valence-electron chi connectivity index (χ3n) is 6.06. The molecule has 0 unspecified atom stereocenters. The van der Waals surface area contributed by atoms with E-state index in [1.54, 1.807) is 40.6 Å². The molecule has 3 heterocycles. The molecule has 0 atom stereocenters. The van der Waals surface area contributed by atoms with Crippen molar-refractivity contribution >= 4 is 21.6 Å². The Morgan fingerprint density at radius 1 is 0.683 bits per heavy atom. The molecule has 0 saturated heterocycles. The highest BCUT2D eigenvalue weighted by molar-refractivity contribution is 7.21. The summed E-state index contributed by atoms with van der Waals surface area (Å²) in [6.07, 6.45) is 0. The van der Waals surface area contributed by atoms with Gasteiger partial charge in [-0.25, -0.2) is 4.98 Å². The van der Waals surface area contributed by atoms with Crippen LogP contribution in [0.25, 0.3) is 44.0 Å². The van der Waals surface area contributed by atoms with Crippen LogP contribution in [0.4, 0.5) is 0 Å². The molecule has 0 bridgehead atoms. The number of aromatic nitrogens is 5. The number of hydrogen-bond donors (Lipinski definition) is 0. The van der Waals surface area contributed by atoms with Crippen molar-refractivity contribution in [3.63, 3.8) is 0 Å². The first-order valence-corrected chi connectivity index (χ1v) is 13.0. The smallest absolute Gasteiger partial charge is 0.258 e. The molecule has 13 heteroatoms. The van der Waals surface area contributed by atoms with Crippen LogP contribution in [0.2, 0.25) is 0 Å². The summed E-state index contributed by atoms with van der Waals surface area (Å²) in [5.41, 5.74) is 2.18. The lowest BCUT2D eigenvalue weighted by Gasteiger charge is -2.12. The molecule has 3 aromatic carbocycles. The molecule has 0 amide bonds. The van der Waals surface area contributed by atoms with Crippen LogP contribution in [0, 0.1) is 0 Å². The van der Waals surface area contributed by atoms with E-state index in [0.29, 0.717) is 51.1 Å². The van der Waals surface area contributed by atoms with Gasteiger partial charge in [0.1, 0.15) is 11.5 Å². The largest absolute Gasteiger partial charge is 0.497 e. The molecule has 0 saturated carbocycles. The number of rotatable bonds is 10. The van der Waals surface area contributed by atoms with Gasteiger partial charge in [0.15, 0.2) is 23.1 Å². The van der Waals surface area contributed by atoms with Crippen molar-refractivity contribution in [2.75, 3.05) is 28.4 Å². The van der Waals surface area contributed by atoms with E-state index >= 15 is 0 Å². The average molecular weight is 574 g/mol. The number of methoxy groups -OCH3 is 4. The van der Waals surface area contributed by atoms with Gasteiger partial charge in [-0.05, 0) is 54.6 Å². The number of benzene rings is 3. The Bertz CT molecular complexity index is 1790. The molecule has 208 valence electrons. The molecule has 0 radical (unpaired) electrons. The molecule has 12 nitrogen and oxygen atoms in total. The van der Waals surface area contributed by atoms with Crippen LogP contribution >= 0.6 is 11.3 Å². The number of fused-ring (bicyclic) bond motifs is 1. The second kappa shape index (κ2) is 11.1. The van der Waals surface area contributed by atoms with Gasteiger partial charge in [-0.15, -0.1) is 11.3 Å². The Kier molecular flexibility index (Phi) is 7.08. The number of hydrogen-bond acceptors (Lipinski definition) is 13. The molecule has 0 N–H and O–H groups in total. The first-order valence-electron chi connectivity index (χ1n) is 12.2. The zero-order valence-corrected chi connectivity index (χ0v) is 23.2. The van der Waals surface area contributed by atoms with Crippen LogP contribution in [-0.4, -0.2) is 53.7 Å². The molecule has 0 fully saturated rings. The van der Waals surface area contributed by atoms with Crippen LogP contribution < -0.4 is 23.7 Å². The van der Waals surface area contributed by atoms with E-state index in [2.05, 4.69) is 25.3 Å². The molecule has 41 heavy (non-hydrogen) atoms. The van der Waals surface area contributed by atoms with Crippen molar-refractivity contribution in [1.82, 2.24) is 25.3 Å². The number of nitrogens with zero attached hydrogens (tertiary/aromatic N) is 5. The lowest BCUT2D eigenvalue weighted by Crippen LogP contribution is -1.97. The quantitative estimate of drug-likeness (QED) is 0.199. The topological polar surface area (TPSA) is 137 Å². The van der Waals surface area contributed by atoms with Crippen LogP contribution in [0.5, 0.6) is 28.7 Å². The zero-order chi connectivity index (χ0) is 28.3. The van der Waals surface area contributed by atoms with Crippen LogP contribution in [0.3, 0.4) is 0 Å². The van der Waals surface area contributed by atoms with E-state index in [1.807, 2.05) is 42.5 Å². The summed E-state index contributed by atoms with van der Waals surface area (Å²) in [6.45, 7) is 0.139. The summed E-state index contributed by atoms with van der Waals surface area (Å²) < 4.78 is 39.1. The minimum atomic E-state index is 0.139. The van der Waals surface area contributed by atoms with Gasteiger partial charge in [-0.2, -0.15) is 9.97 Å². The van der Waals surface area contributed by atoms with Gasteiger partial charge in [-0.3, -0.25) is 0 Å². The highest BCUT2D eigenvalue weighted by Crippen LogP contribution is 2.41. The maximum Gasteiger partial charge on any atom is 0.258 e. The van der Waals surface area contributed by atoms with Crippen LogP contribution in [0.15, 0.2) is 63.6 Å². The predicted octanol–water partition coefficient (Wildman–Crippen LogP) is 5.68. The van der Waals surface area contributed by atoms with Crippen LogP contribution in [0.1, 0.15) is 5.82 Å². The maximum absolute atomic E-state index is 5.92. The minimum Gasteiger partial charge on any atom is -0.497 e. The molecular formula is C28H23N5O7S. The van der Waals surface area contributed by atoms with Gasteiger partial charge in [0.2, 0.25) is 17.4 Å². The summed E-state index contributed by atoms with van der Waals surface area (Å²) in [5, 5.41) is 8.74. The predicted molar refractivity (Wildman–Crippen MR) is 149 cm³/mol. The highest BCUT2D eigenvalue weighted by atomic mass is 32.1. The van der Waals surface area contributed by atoms with E-state index in [4.69, 9.17) is 32.7 Å². The molecule has 6 aromatic rings. The first kappa shape index (κ1) is 26.1. The maximum atomic E-state index is 5.92. The molecular weight excluding hydrogens is 550 g/mol. The van der Waals surface area contributed by atoms with E-state index < -0.39 is 0 Å². The standard InChI is InChI=1S/C28H23N5O7S/c1-34-17-7-5-15(6-8-17)26-30-23(32-39-26)14-38-18-9-10-19-22(13-18)41-28(29-19)25-31-27(40-33-25)16-11-20(35-2)24(37-4)21(12-16)36-3/h5-13H,14H2,1-4H3. The zero-order valence-electron chi connectivity index (χ0n) is 22.4. The molecule has 6 rings (SSSR count). The summed E-state index contributed by atoms with van der Waals surface area (Å²) >= 11 is 1.41. The van der Waals surface area contributed by atoms with Gasteiger partial charge in [0, 0.05) is 11.1 Å². The van der Waals surface area contributed by atoms with Crippen LogP contribution in [-0.2, 0) is 6.61 Å². The summed E-state index contributed by atoms with van der Waals surface area (Å²) in [4.78, 5) is 13.6. The number of thiazole rings is 1. The van der Waals surface area contributed by atoms with Gasteiger partial charge in [-0.1, -0.05) is 10.3 Å². The van der Waals surface area contributed by atoms with Gasteiger partial charge in [0.05, 0.1) is 38.7 Å². The van der Waals surface area contributed by atoms with Crippen molar-refractivity contribution < 1.29 is 32.7 Å². The summed E-state index contributed by atoms with van der Waals surface area (Å²) in [7, 11) is 6.24. The van der Waals surface area contributed by atoms with E-state index in [0.717, 1.165) is 21.5 Å². The third-order valence-corrected chi connectivity index (χ3v) is 7.08. The van der Waals surface area contributed by atoms with Crippen molar-refractivity contribution in [1.29, 1.82) is 0 Å². The Morgan fingerprint density at radius 2 is 1.39 bits per heavy atom. The Hall–Kier alpha value is -5.17. The average Bonchev–Trinajstić information content (AvgIpc) is 3.79. The second-order valence-corrected chi connectivity index (χ2v) is 9.55. The Labute approximate surface area is 237 Å². The van der Waals surface area contributed by atoms with E-state index in [1.165, 1.54) is 11.3 Å². The third kappa shape index (κ3) is 5.22. The van der Waals surface area contributed by atoms with Crippen molar-refractivity contribution in [2.24, 2.45) is 0 Å². The lowest BCUT2D eigenvalue weighted by atomic mass is 10.2. The molecule has 0 spiro atoms. The summed E-state index contributed by atoms with van der Waals surface area (Å²) in [5.74, 6) is 4.28. The van der Waals surface area contributed by atoms with Gasteiger partial charge in [0.25, 0.3) is 11.8 Å². The lowest BCUT2D eigenvalue weighted by molar-refractivity contribution is 0.287. The molecule has 0 aliphatic rings. The second-order valence-electron chi connectivity index (χ2n) is 8.52. The molecule has 0 aliphatic heterocycles. The fourth-order valence-corrected chi connectivity index (χ4v) is 4.95.